The van der Waals surface area contributed by atoms with Crippen molar-refractivity contribution >= 4 is 0 Å². The van der Waals surface area contributed by atoms with Crippen LogP contribution in [0.1, 0.15) is 17.1 Å². The van der Waals surface area contributed by atoms with Gasteiger partial charge in [-0.05, 0) is 12.0 Å². The van der Waals surface area contributed by atoms with Crippen LogP contribution in [0.3, 0.4) is 0 Å². The van der Waals surface area contributed by atoms with Gasteiger partial charge < -0.3 is 4.42 Å². The lowest BCUT2D eigenvalue weighted by molar-refractivity contribution is 0.218. The Bertz CT molecular complexity index is 769. The molecular formula is C17H16N4O. The third kappa shape index (κ3) is 2.63. The maximum atomic E-state index is 5.87. The Labute approximate surface area is 128 Å². The van der Waals surface area contributed by atoms with Gasteiger partial charge in [0.05, 0.1) is 18.4 Å². The SMILES string of the molecule is c1ccc(-c2cnc(CN3CCc4cncnc4C3)o2)cc1. The highest BCUT2D eigenvalue weighted by Crippen LogP contribution is 2.22. The van der Waals surface area contributed by atoms with Gasteiger partial charge in [0.25, 0.3) is 0 Å². The van der Waals surface area contributed by atoms with Gasteiger partial charge in [-0.2, -0.15) is 0 Å². The van der Waals surface area contributed by atoms with Crippen LogP contribution in [0, 0.1) is 0 Å². The molecule has 0 atom stereocenters. The molecule has 5 nitrogen and oxygen atoms in total. The predicted molar refractivity (Wildman–Crippen MR) is 81.8 cm³/mol. The van der Waals surface area contributed by atoms with Crippen LogP contribution < -0.4 is 0 Å². The van der Waals surface area contributed by atoms with E-state index < -0.39 is 0 Å². The molecular weight excluding hydrogens is 276 g/mol. The Hall–Kier alpha value is -2.53. The van der Waals surface area contributed by atoms with E-state index in [-0.39, 0.29) is 0 Å². The van der Waals surface area contributed by atoms with Gasteiger partial charge in [-0.3, -0.25) is 4.90 Å². The van der Waals surface area contributed by atoms with Gasteiger partial charge in [0.15, 0.2) is 5.76 Å². The largest absolute Gasteiger partial charge is 0.439 e. The van der Waals surface area contributed by atoms with Gasteiger partial charge in [-0.1, -0.05) is 30.3 Å². The molecule has 0 radical (unpaired) electrons. The summed E-state index contributed by atoms with van der Waals surface area (Å²) in [5.74, 6) is 1.56. The van der Waals surface area contributed by atoms with Crippen LogP contribution in [0.2, 0.25) is 0 Å². The molecule has 1 aromatic carbocycles. The second-order valence-corrected chi connectivity index (χ2v) is 5.44. The molecule has 0 unspecified atom stereocenters. The van der Waals surface area contributed by atoms with Gasteiger partial charge >= 0.3 is 0 Å². The average molecular weight is 292 g/mol. The molecule has 3 heterocycles. The fourth-order valence-electron chi connectivity index (χ4n) is 2.75. The first-order valence-corrected chi connectivity index (χ1v) is 7.39. The topological polar surface area (TPSA) is 55.1 Å². The standard InChI is InChI=1S/C17H16N4O/c1-2-4-13(5-3-1)16-9-19-17(22-16)11-21-7-6-14-8-18-12-20-15(14)10-21/h1-5,8-9,12H,6-7,10-11H2. The highest BCUT2D eigenvalue weighted by atomic mass is 16.4. The third-order valence-corrected chi connectivity index (χ3v) is 3.92. The van der Waals surface area contributed by atoms with E-state index in [9.17, 15) is 0 Å². The summed E-state index contributed by atoms with van der Waals surface area (Å²) in [6.45, 7) is 2.50. The van der Waals surface area contributed by atoms with Crippen molar-refractivity contribution in [3.63, 3.8) is 0 Å². The van der Waals surface area contributed by atoms with Crippen molar-refractivity contribution in [3.05, 3.63) is 66.2 Å². The van der Waals surface area contributed by atoms with Crippen molar-refractivity contribution in [1.82, 2.24) is 19.9 Å². The lowest BCUT2D eigenvalue weighted by Crippen LogP contribution is -2.30. The zero-order valence-electron chi connectivity index (χ0n) is 12.1. The molecule has 4 rings (SSSR count). The van der Waals surface area contributed by atoms with Crippen LogP contribution >= 0.6 is 0 Å². The minimum absolute atomic E-state index is 0.705. The normalized spacial score (nSPS) is 14.7. The number of aromatic nitrogens is 3. The van der Waals surface area contributed by atoms with E-state index in [0.29, 0.717) is 6.54 Å². The molecule has 0 aliphatic carbocycles. The Morgan fingerprint density at radius 2 is 2.00 bits per heavy atom. The number of hydrogen-bond acceptors (Lipinski definition) is 5. The smallest absolute Gasteiger partial charge is 0.209 e. The van der Waals surface area contributed by atoms with E-state index in [1.807, 2.05) is 36.5 Å². The highest BCUT2D eigenvalue weighted by Gasteiger charge is 2.19. The van der Waals surface area contributed by atoms with Crippen LogP contribution in [0.5, 0.6) is 0 Å². The van der Waals surface area contributed by atoms with Crippen molar-refractivity contribution in [2.24, 2.45) is 0 Å². The van der Waals surface area contributed by atoms with Crippen molar-refractivity contribution < 1.29 is 4.42 Å². The maximum absolute atomic E-state index is 5.87. The zero-order chi connectivity index (χ0) is 14.8. The summed E-state index contributed by atoms with van der Waals surface area (Å²) in [5.41, 5.74) is 3.41. The first-order valence-electron chi connectivity index (χ1n) is 7.39. The molecule has 1 aliphatic rings. The molecule has 0 saturated heterocycles. The fourth-order valence-corrected chi connectivity index (χ4v) is 2.75. The highest BCUT2D eigenvalue weighted by molar-refractivity contribution is 5.55. The first-order chi connectivity index (χ1) is 10.9. The quantitative estimate of drug-likeness (QED) is 0.743. The van der Waals surface area contributed by atoms with Crippen LogP contribution in [0.15, 0.2) is 53.5 Å². The monoisotopic (exact) mass is 292 g/mol. The van der Waals surface area contributed by atoms with Gasteiger partial charge in [0.1, 0.15) is 6.33 Å². The number of oxazole rings is 1. The Kier molecular flexibility index (Phi) is 3.40. The van der Waals surface area contributed by atoms with E-state index in [0.717, 1.165) is 42.4 Å². The lowest BCUT2D eigenvalue weighted by Gasteiger charge is -2.26. The minimum atomic E-state index is 0.705. The molecule has 5 heteroatoms. The average Bonchev–Trinajstić information content (AvgIpc) is 3.04. The number of fused-ring (bicyclic) bond motifs is 1. The fraction of sp³-hybridized carbons (Fsp3) is 0.235. The summed E-state index contributed by atoms with van der Waals surface area (Å²) in [7, 11) is 0. The Morgan fingerprint density at radius 3 is 2.91 bits per heavy atom. The van der Waals surface area contributed by atoms with Crippen LogP contribution in [-0.4, -0.2) is 26.4 Å². The van der Waals surface area contributed by atoms with Crippen LogP contribution in [0.4, 0.5) is 0 Å². The van der Waals surface area contributed by atoms with Gasteiger partial charge in [-0.15, -0.1) is 0 Å². The molecule has 0 fully saturated rings. The molecule has 2 aromatic heterocycles. The number of rotatable bonds is 3. The zero-order valence-corrected chi connectivity index (χ0v) is 12.1. The molecule has 0 saturated carbocycles. The molecule has 110 valence electrons. The summed E-state index contributed by atoms with van der Waals surface area (Å²) in [6, 6.07) is 10.0. The van der Waals surface area contributed by atoms with E-state index >= 15 is 0 Å². The molecule has 22 heavy (non-hydrogen) atoms. The maximum Gasteiger partial charge on any atom is 0.209 e. The molecule has 0 spiro atoms. The number of nitrogens with zero attached hydrogens (tertiary/aromatic N) is 4. The molecule has 3 aromatic rings. The van der Waals surface area contributed by atoms with E-state index in [1.165, 1.54) is 5.56 Å². The van der Waals surface area contributed by atoms with Gasteiger partial charge in [-0.25, -0.2) is 15.0 Å². The van der Waals surface area contributed by atoms with Crippen LogP contribution in [-0.2, 0) is 19.5 Å². The van der Waals surface area contributed by atoms with Crippen LogP contribution in [0.25, 0.3) is 11.3 Å². The van der Waals surface area contributed by atoms with Gasteiger partial charge in [0, 0.05) is 24.8 Å². The third-order valence-electron chi connectivity index (χ3n) is 3.92. The summed E-state index contributed by atoms with van der Waals surface area (Å²) in [6.07, 6.45) is 6.30. The Morgan fingerprint density at radius 1 is 1.09 bits per heavy atom. The van der Waals surface area contributed by atoms with Crippen molar-refractivity contribution in [2.45, 2.75) is 19.5 Å². The number of benzene rings is 1. The minimum Gasteiger partial charge on any atom is -0.439 e. The molecule has 1 aliphatic heterocycles. The number of hydrogen-bond donors (Lipinski definition) is 0. The van der Waals surface area contributed by atoms with E-state index in [1.54, 1.807) is 12.5 Å². The molecule has 0 N–H and O–H groups in total. The predicted octanol–water partition coefficient (Wildman–Crippen LogP) is 2.69. The summed E-state index contributed by atoms with van der Waals surface area (Å²) < 4.78 is 5.87. The first kappa shape index (κ1) is 13.2. The van der Waals surface area contributed by atoms with Crippen molar-refractivity contribution in [1.29, 1.82) is 0 Å². The lowest BCUT2D eigenvalue weighted by atomic mass is 10.1. The second-order valence-electron chi connectivity index (χ2n) is 5.44. The molecule has 0 bridgehead atoms. The van der Waals surface area contributed by atoms with Crippen molar-refractivity contribution in [2.75, 3.05) is 6.54 Å². The van der Waals surface area contributed by atoms with Crippen molar-refractivity contribution in [3.8, 4) is 11.3 Å². The summed E-state index contributed by atoms with van der Waals surface area (Å²) >= 11 is 0. The van der Waals surface area contributed by atoms with E-state index in [2.05, 4.69) is 19.9 Å². The summed E-state index contributed by atoms with van der Waals surface area (Å²) in [4.78, 5) is 15.1. The van der Waals surface area contributed by atoms with E-state index in [4.69, 9.17) is 4.42 Å². The molecule has 0 amide bonds. The summed E-state index contributed by atoms with van der Waals surface area (Å²) in [5, 5.41) is 0. The Balaban J connectivity index is 1.48. The second kappa shape index (κ2) is 5.69. The van der Waals surface area contributed by atoms with Gasteiger partial charge in [0.2, 0.25) is 5.89 Å².